The molecule has 4 rings (SSSR count). The summed E-state index contributed by atoms with van der Waals surface area (Å²) in [6.45, 7) is 5.00. The first kappa shape index (κ1) is 23.3. The molecule has 174 valence electrons. The molecule has 3 aromatic carbocycles. The summed E-state index contributed by atoms with van der Waals surface area (Å²) in [6, 6.07) is 23.4. The number of hydrogen-bond donors (Lipinski definition) is 2. The van der Waals surface area contributed by atoms with Gasteiger partial charge in [-0.25, -0.2) is 4.79 Å². The van der Waals surface area contributed by atoms with E-state index >= 15 is 0 Å². The number of hydrogen-bond acceptors (Lipinski definition) is 2. The van der Waals surface area contributed by atoms with E-state index in [1.165, 1.54) is 5.56 Å². The van der Waals surface area contributed by atoms with Gasteiger partial charge in [0, 0.05) is 41.3 Å². The van der Waals surface area contributed by atoms with Crippen molar-refractivity contribution in [2.75, 3.05) is 5.32 Å². The minimum absolute atomic E-state index is 0.00722. The summed E-state index contributed by atoms with van der Waals surface area (Å²) < 4.78 is 2.10. The first-order valence-corrected chi connectivity index (χ1v) is 11.7. The van der Waals surface area contributed by atoms with Crippen LogP contribution in [0.2, 0.25) is 0 Å². The lowest BCUT2D eigenvalue weighted by atomic mass is 10.0. The van der Waals surface area contributed by atoms with E-state index in [1.807, 2.05) is 48.5 Å². The molecule has 0 fully saturated rings. The lowest BCUT2D eigenvalue weighted by molar-refractivity contribution is -0.116. The molecule has 0 unspecified atom stereocenters. The van der Waals surface area contributed by atoms with Crippen LogP contribution in [0.25, 0.3) is 22.0 Å². The number of anilines is 1. The summed E-state index contributed by atoms with van der Waals surface area (Å²) in [5.41, 5.74) is 5.41. The molecule has 0 radical (unpaired) electrons. The molecular formula is C29H30N2O3. The van der Waals surface area contributed by atoms with Crippen LogP contribution in [0.5, 0.6) is 0 Å². The maximum absolute atomic E-state index is 12.4. The lowest BCUT2D eigenvalue weighted by Gasteiger charge is -2.09. The molecule has 0 aliphatic carbocycles. The number of nitrogens with one attached hydrogen (secondary N) is 1. The van der Waals surface area contributed by atoms with E-state index in [9.17, 15) is 14.7 Å². The zero-order valence-corrected chi connectivity index (χ0v) is 19.6. The van der Waals surface area contributed by atoms with Gasteiger partial charge in [-0.1, -0.05) is 62.4 Å². The highest BCUT2D eigenvalue weighted by molar-refractivity contribution is 6.00. The Morgan fingerprint density at radius 2 is 1.68 bits per heavy atom. The average Bonchev–Trinajstić information content (AvgIpc) is 3.20. The third kappa shape index (κ3) is 5.37. The Balaban J connectivity index is 1.42. The molecule has 0 saturated carbocycles. The van der Waals surface area contributed by atoms with Crippen LogP contribution in [-0.4, -0.2) is 21.6 Å². The minimum Gasteiger partial charge on any atom is -0.478 e. The molecule has 0 aliphatic heterocycles. The zero-order valence-electron chi connectivity index (χ0n) is 19.6. The molecule has 0 aliphatic rings. The maximum Gasteiger partial charge on any atom is 0.335 e. The van der Waals surface area contributed by atoms with E-state index in [4.69, 9.17) is 0 Å². The fraction of sp³-hybridized carbons (Fsp3) is 0.241. The van der Waals surface area contributed by atoms with Crippen LogP contribution in [0.3, 0.4) is 0 Å². The summed E-state index contributed by atoms with van der Waals surface area (Å²) in [6.07, 6.45) is 4.09. The molecule has 1 aromatic heterocycles. The monoisotopic (exact) mass is 454 g/mol. The highest BCUT2D eigenvalue weighted by Crippen LogP contribution is 2.31. The number of rotatable bonds is 9. The highest BCUT2D eigenvalue weighted by atomic mass is 16.4. The van der Waals surface area contributed by atoms with Gasteiger partial charge in [-0.2, -0.15) is 0 Å². The molecule has 0 spiro atoms. The molecule has 5 heteroatoms. The van der Waals surface area contributed by atoms with Crippen molar-refractivity contribution in [2.24, 2.45) is 0 Å². The van der Waals surface area contributed by atoms with Crippen molar-refractivity contribution in [3.63, 3.8) is 0 Å². The summed E-state index contributed by atoms with van der Waals surface area (Å²) in [5.74, 6) is -0.467. The topological polar surface area (TPSA) is 71.3 Å². The zero-order chi connectivity index (χ0) is 24.1. The van der Waals surface area contributed by atoms with Gasteiger partial charge in [0.15, 0.2) is 0 Å². The number of carboxylic acid groups (broad SMARTS) is 1. The molecule has 1 amide bonds. The van der Waals surface area contributed by atoms with Crippen LogP contribution in [-0.2, 0) is 11.3 Å². The predicted molar refractivity (Wildman–Crippen MR) is 137 cm³/mol. The second kappa shape index (κ2) is 10.4. The number of benzene rings is 3. The molecule has 5 nitrogen and oxygen atoms in total. The molecule has 2 N–H and O–H groups in total. The van der Waals surface area contributed by atoms with Gasteiger partial charge in [0.2, 0.25) is 5.91 Å². The average molecular weight is 455 g/mol. The quantitative estimate of drug-likeness (QED) is 0.269. The number of fused-ring (bicyclic) bond motifs is 1. The summed E-state index contributed by atoms with van der Waals surface area (Å²) in [5, 5.41) is 13.4. The Morgan fingerprint density at radius 1 is 0.941 bits per heavy atom. The van der Waals surface area contributed by atoms with Gasteiger partial charge >= 0.3 is 5.97 Å². The number of aromatic carboxylic acids is 1. The lowest BCUT2D eigenvalue weighted by Crippen LogP contribution is -2.11. The van der Waals surface area contributed by atoms with E-state index in [2.05, 4.69) is 42.1 Å². The number of amides is 1. The van der Waals surface area contributed by atoms with Crippen LogP contribution in [0.1, 0.15) is 54.9 Å². The maximum atomic E-state index is 12.4. The molecular weight excluding hydrogens is 424 g/mol. The fourth-order valence-corrected chi connectivity index (χ4v) is 4.20. The minimum atomic E-state index is -0.936. The fourth-order valence-electron chi connectivity index (χ4n) is 4.20. The van der Waals surface area contributed by atoms with Crippen molar-refractivity contribution in [3.05, 3.63) is 90.1 Å². The smallest absolute Gasteiger partial charge is 0.335 e. The van der Waals surface area contributed by atoms with Crippen molar-refractivity contribution in [2.45, 2.75) is 45.6 Å². The Morgan fingerprint density at radius 3 is 2.35 bits per heavy atom. The summed E-state index contributed by atoms with van der Waals surface area (Å²) in [4.78, 5) is 23.9. The van der Waals surface area contributed by atoms with Crippen LogP contribution in [0, 0.1) is 0 Å². The van der Waals surface area contributed by atoms with E-state index in [0.717, 1.165) is 40.6 Å². The van der Waals surface area contributed by atoms with Gasteiger partial charge in [0.05, 0.1) is 5.56 Å². The Hall–Kier alpha value is -3.86. The molecule has 34 heavy (non-hydrogen) atoms. The Kier molecular flexibility index (Phi) is 7.12. The van der Waals surface area contributed by atoms with Crippen molar-refractivity contribution >= 4 is 28.5 Å². The van der Waals surface area contributed by atoms with Crippen molar-refractivity contribution in [3.8, 4) is 11.1 Å². The van der Waals surface area contributed by atoms with Gasteiger partial charge in [0.25, 0.3) is 0 Å². The molecule has 0 bridgehead atoms. The molecule has 0 atom stereocenters. The number of aromatic nitrogens is 1. The Bertz CT molecular complexity index is 1290. The largest absolute Gasteiger partial charge is 0.478 e. The normalized spacial score (nSPS) is 11.1. The number of nitrogens with zero attached hydrogens (tertiary/aromatic N) is 1. The number of carbonyl (C=O) groups excluding carboxylic acids is 1. The van der Waals surface area contributed by atoms with Crippen molar-refractivity contribution < 1.29 is 14.7 Å². The standard InChI is InChI=1S/C29H30N2O3/c1-20(2)21-11-14-24(15-12-21)30-28(32)10-6-7-17-31-19-26(22-8-4-3-5-9-22)25-16-13-23(29(33)34)18-27(25)31/h3-5,8-9,11-16,18-20H,6-7,10,17H2,1-2H3,(H,30,32)(H,33,34). The number of unbranched alkanes of at least 4 members (excludes halogenated alkanes) is 1. The number of aryl methyl sites for hydroxylation is 1. The van der Waals surface area contributed by atoms with E-state index in [-0.39, 0.29) is 11.5 Å². The molecule has 0 saturated heterocycles. The third-order valence-corrected chi connectivity index (χ3v) is 6.13. The van der Waals surface area contributed by atoms with Crippen molar-refractivity contribution in [1.82, 2.24) is 4.57 Å². The van der Waals surface area contributed by atoms with Crippen LogP contribution in [0.15, 0.2) is 79.0 Å². The summed E-state index contributed by atoms with van der Waals surface area (Å²) >= 11 is 0. The summed E-state index contributed by atoms with van der Waals surface area (Å²) in [7, 11) is 0. The van der Waals surface area contributed by atoms with Gasteiger partial charge < -0.3 is 15.0 Å². The van der Waals surface area contributed by atoms with Gasteiger partial charge in [-0.05, 0) is 54.2 Å². The van der Waals surface area contributed by atoms with E-state index < -0.39 is 5.97 Å². The van der Waals surface area contributed by atoms with Gasteiger partial charge in [-0.15, -0.1) is 0 Å². The third-order valence-electron chi connectivity index (χ3n) is 6.13. The Labute approximate surface area is 200 Å². The second-order valence-electron chi connectivity index (χ2n) is 8.92. The molecule has 1 heterocycles. The number of carboxylic acids is 1. The van der Waals surface area contributed by atoms with Gasteiger partial charge in [-0.3, -0.25) is 4.79 Å². The van der Waals surface area contributed by atoms with E-state index in [1.54, 1.807) is 12.1 Å². The van der Waals surface area contributed by atoms with Crippen molar-refractivity contribution in [1.29, 1.82) is 0 Å². The van der Waals surface area contributed by atoms with E-state index in [0.29, 0.717) is 18.9 Å². The first-order valence-electron chi connectivity index (χ1n) is 11.7. The van der Waals surface area contributed by atoms with Crippen LogP contribution in [0.4, 0.5) is 5.69 Å². The van der Waals surface area contributed by atoms with Crippen LogP contribution >= 0.6 is 0 Å². The highest BCUT2D eigenvalue weighted by Gasteiger charge is 2.13. The SMILES string of the molecule is CC(C)c1ccc(NC(=O)CCCCn2cc(-c3ccccc3)c3ccc(C(=O)O)cc32)cc1. The molecule has 4 aromatic rings. The predicted octanol–water partition coefficient (Wildman–Crippen LogP) is 6.94. The number of carbonyl (C=O) groups is 2. The van der Waals surface area contributed by atoms with Crippen LogP contribution < -0.4 is 5.32 Å². The first-order chi connectivity index (χ1) is 16.4. The van der Waals surface area contributed by atoms with Gasteiger partial charge in [0.1, 0.15) is 0 Å². The second-order valence-corrected chi connectivity index (χ2v) is 8.92.